The van der Waals surface area contributed by atoms with Crippen molar-refractivity contribution < 1.29 is 4.79 Å². The average Bonchev–Trinajstić information content (AvgIpc) is 2.47. The highest BCUT2D eigenvalue weighted by atomic mass is 35.5. The summed E-state index contributed by atoms with van der Waals surface area (Å²) in [7, 11) is 0. The fourth-order valence-electron chi connectivity index (χ4n) is 4.15. The second kappa shape index (κ2) is 6.91. The Morgan fingerprint density at radius 3 is 2.68 bits per heavy atom. The van der Waals surface area contributed by atoms with Crippen molar-refractivity contribution in [3.63, 3.8) is 0 Å². The van der Waals surface area contributed by atoms with E-state index in [2.05, 4.69) is 5.32 Å². The highest BCUT2D eigenvalue weighted by Gasteiger charge is 2.39. The van der Waals surface area contributed by atoms with E-state index in [4.69, 9.17) is 17.3 Å². The minimum atomic E-state index is -0.102. The number of carbonyl (C=O) groups excluding carboxylic acids is 1. The molecule has 0 heterocycles. The van der Waals surface area contributed by atoms with Crippen molar-refractivity contribution in [2.24, 2.45) is 11.3 Å². The van der Waals surface area contributed by atoms with Gasteiger partial charge in [-0.1, -0.05) is 44.7 Å². The van der Waals surface area contributed by atoms with Crippen LogP contribution in [-0.2, 0) is 0 Å². The maximum Gasteiger partial charge on any atom is 0.252 e. The lowest BCUT2D eigenvalue weighted by Gasteiger charge is -2.45. The zero-order valence-corrected chi connectivity index (χ0v) is 13.8. The number of fused-ring (bicyclic) bond motifs is 2. The number of halogens is 1. The third kappa shape index (κ3) is 3.57. The topological polar surface area (TPSA) is 55.1 Å². The van der Waals surface area contributed by atoms with Crippen LogP contribution < -0.4 is 11.1 Å². The maximum atomic E-state index is 12.4. The van der Waals surface area contributed by atoms with Crippen LogP contribution in [0.5, 0.6) is 0 Å². The first kappa shape index (κ1) is 17.1. The molecule has 4 heteroatoms. The quantitative estimate of drug-likeness (QED) is 0.814. The van der Waals surface area contributed by atoms with Crippen LogP contribution >= 0.6 is 11.6 Å². The molecule has 2 bridgehead atoms. The number of rotatable bonds is 3. The average molecular weight is 321 g/mol. The summed E-state index contributed by atoms with van der Waals surface area (Å²) < 4.78 is 0. The van der Waals surface area contributed by atoms with Crippen molar-refractivity contribution in [3.05, 3.63) is 36.2 Å². The Kier molecular flexibility index (Phi) is 5.38. The van der Waals surface area contributed by atoms with Gasteiger partial charge in [0.15, 0.2) is 0 Å². The lowest BCUT2D eigenvalue weighted by Crippen LogP contribution is -2.43. The van der Waals surface area contributed by atoms with Crippen molar-refractivity contribution in [3.8, 4) is 0 Å². The minimum absolute atomic E-state index is 0. The molecule has 0 unspecified atom stereocenters. The molecule has 0 aromatic heterocycles. The largest absolute Gasteiger partial charge is 0.399 e. The van der Waals surface area contributed by atoms with Crippen molar-refractivity contribution in [1.82, 2.24) is 5.32 Å². The van der Waals surface area contributed by atoms with Crippen molar-refractivity contribution in [1.29, 1.82) is 0 Å². The molecule has 0 aliphatic heterocycles. The summed E-state index contributed by atoms with van der Waals surface area (Å²) in [6, 6.07) is 5.05. The van der Waals surface area contributed by atoms with Crippen LogP contribution in [0.4, 0.5) is 5.69 Å². The van der Waals surface area contributed by atoms with Crippen LogP contribution in [0, 0.1) is 18.8 Å². The lowest BCUT2D eigenvalue weighted by molar-refractivity contribution is 0.0682. The lowest BCUT2D eigenvalue weighted by atomic mass is 9.62. The monoisotopic (exact) mass is 320 g/mol. The molecule has 2 saturated carbocycles. The minimum Gasteiger partial charge on any atom is -0.399 e. The molecule has 1 aromatic carbocycles. The van der Waals surface area contributed by atoms with Gasteiger partial charge in [-0.3, -0.25) is 4.79 Å². The molecule has 3 rings (SSSR count). The van der Waals surface area contributed by atoms with Gasteiger partial charge >= 0.3 is 0 Å². The number of nitrogen functional groups attached to an aromatic ring is 1. The molecular formula is C18H25ClN2O. The van der Waals surface area contributed by atoms with Gasteiger partial charge in [0.1, 0.15) is 0 Å². The van der Waals surface area contributed by atoms with E-state index < -0.39 is 0 Å². The number of hydrogen-bond acceptors (Lipinski definition) is 2. The number of amides is 1. The molecule has 3 nitrogen and oxygen atoms in total. The smallest absolute Gasteiger partial charge is 0.252 e. The molecule has 22 heavy (non-hydrogen) atoms. The van der Waals surface area contributed by atoms with E-state index in [0.29, 0.717) is 21.7 Å². The van der Waals surface area contributed by atoms with E-state index in [1.54, 1.807) is 18.2 Å². The number of nitrogens with two attached hydrogens (primary N) is 1. The van der Waals surface area contributed by atoms with Crippen LogP contribution in [-0.4, -0.2) is 12.5 Å². The molecule has 2 aliphatic rings. The number of carbonyl (C=O) groups is 1. The van der Waals surface area contributed by atoms with E-state index in [1.807, 2.05) is 0 Å². The van der Waals surface area contributed by atoms with Crippen molar-refractivity contribution >= 4 is 23.2 Å². The summed E-state index contributed by atoms with van der Waals surface area (Å²) in [6.45, 7) is 0.771. The van der Waals surface area contributed by atoms with Crippen molar-refractivity contribution in [2.45, 2.75) is 44.9 Å². The van der Waals surface area contributed by atoms with Crippen LogP contribution in [0.3, 0.4) is 0 Å². The first-order valence-electron chi connectivity index (χ1n) is 7.91. The van der Waals surface area contributed by atoms with Gasteiger partial charge in [-0.25, -0.2) is 0 Å². The number of benzene rings is 1. The molecule has 0 saturated heterocycles. The first-order chi connectivity index (χ1) is 10.1. The van der Waals surface area contributed by atoms with E-state index >= 15 is 0 Å². The Labute approximate surface area is 138 Å². The van der Waals surface area contributed by atoms with E-state index in [9.17, 15) is 4.79 Å². The Bertz CT molecular complexity index is 534. The highest BCUT2D eigenvalue weighted by molar-refractivity contribution is 6.34. The summed E-state index contributed by atoms with van der Waals surface area (Å²) in [6.07, 6.45) is 9.12. The summed E-state index contributed by atoms with van der Waals surface area (Å²) in [5.74, 6) is 0.773. The van der Waals surface area contributed by atoms with Crippen LogP contribution in [0.2, 0.25) is 5.02 Å². The number of nitrogens with one attached hydrogen (secondary N) is 1. The van der Waals surface area contributed by atoms with Gasteiger partial charge in [0.2, 0.25) is 0 Å². The number of anilines is 1. The van der Waals surface area contributed by atoms with Gasteiger partial charge in [-0.2, -0.15) is 0 Å². The molecule has 120 valence electrons. The van der Waals surface area contributed by atoms with E-state index in [-0.39, 0.29) is 13.3 Å². The third-order valence-corrected chi connectivity index (χ3v) is 5.55. The van der Waals surface area contributed by atoms with Crippen LogP contribution in [0.25, 0.3) is 0 Å². The fraction of sp³-hybridized carbons (Fsp3) is 0.556. The van der Waals surface area contributed by atoms with E-state index in [1.165, 1.54) is 44.9 Å². The Hall–Kier alpha value is -1.22. The fourth-order valence-corrected chi connectivity index (χ4v) is 4.35. The maximum absolute atomic E-state index is 12.4. The predicted octanol–water partition coefficient (Wildman–Crippen LogP) is 4.34. The summed E-state index contributed by atoms with van der Waals surface area (Å²) in [5.41, 5.74) is 7.12. The Morgan fingerprint density at radius 1 is 1.32 bits per heavy atom. The zero-order chi connectivity index (χ0) is 14.9. The molecule has 0 spiro atoms. The van der Waals surface area contributed by atoms with Gasteiger partial charge < -0.3 is 11.1 Å². The Morgan fingerprint density at radius 2 is 2.00 bits per heavy atom. The van der Waals surface area contributed by atoms with Gasteiger partial charge in [0.25, 0.3) is 5.91 Å². The molecule has 1 aromatic rings. The van der Waals surface area contributed by atoms with Gasteiger partial charge in [0, 0.05) is 12.2 Å². The first-order valence-corrected chi connectivity index (χ1v) is 8.29. The molecule has 1 amide bonds. The molecule has 3 N–H and O–H groups in total. The second-order valence-corrected chi connectivity index (χ2v) is 7.18. The van der Waals surface area contributed by atoms with Gasteiger partial charge in [-0.15, -0.1) is 0 Å². The second-order valence-electron chi connectivity index (χ2n) is 6.78. The Balaban J connectivity index is 0.00000176. The molecule has 2 radical (unpaired) electrons. The molecule has 2 fully saturated rings. The molecule has 0 atom stereocenters. The van der Waals surface area contributed by atoms with Crippen molar-refractivity contribution in [2.75, 3.05) is 12.3 Å². The summed E-state index contributed by atoms with van der Waals surface area (Å²) in [4.78, 5) is 12.4. The molecule has 2 aliphatic carbocycles. The molecular weight excluding hydrogens is 296 g/mol. The highest BCUT2D eigenvalue weighted by Crippen LogP contribution is 2.48. The SMILES string of the molecule is Nc1ccc(Cl)c(C(=O)NCC23CCCC(CCC2)C3)c1.[CH2]. The van der Waals surface area contributed by atoms with Crippen LogP contribution in [0.1, 0.15) is 55.3 Å². The van der Waals surface area contributed by atoms with E-state index in [0.717, 1.165) is 12.5 Å². The predicted molar refractivity (Wildman–Crippen MR) is 91.8 cm³/mol. The van der Waals surface area contributed by atoms with Gasteiger partial charge in [-0.05, 0) is 48.8 Å². The summed E-state index contributed by atoms with van der Waals surface area (Å²) >= 11 is 6.10. The third-order valence-electron chi connectivity index (χ3n) is 5.22. The van der Waals surface area contributed by atoms with Crippen LogP contribution in [0.15, 0.2) is 18.2 Å². The summed E-state index contributed by atoms with van der Waals surface area (Å²) in [5, 5.41) is 3.57. The zero-order valence-electron chi connectivity index (χ0n) is 13.0. The van der Waals surface area contributed by atoms with Gasteiger partial charge in [0.05, 0.1) is 10.6 Å². The standard InChI is InChI=1S/C17H23ClN2O.CH2/c18-15-6-5-13(19)9-14(15)16(21)20-11-17-7-1-3-12(10-17)4-2-8-17;/h5-6,9,12H,1-4,7-8,10-11,19H2,(H,20,21);1H2. The number of hydrogen-bond donors (Lipinski definition) is 2. The normalized spacial score (nSPS) is 26.9.